The number of benzene rings is 2. The van der Waals surface area contributed by atoms with Crippen LogP contribution in [0.4, 0.5) is 5.69 Å². The number of anilines is 1. The maximum Gasteiger partial charge on any atom is 0.0481 e. The minimum absolute atomic E-state index is 0.722. The molecule has 0 saturated carbocycles. The highest BCUT2D eigenvalue weighted by Gasteiger charge is 2.04. The van der Waals surface area contributed by atoms with Crippen molar-refractivity contribution in [3.8, 4) is 0 Å². The Morgan fingerprint density at radius 1 is 1.21 bits per heavy atom. The Hall–Kier alpha value is -0.640. The highest BCUT2D eigenvalue weighted by Crippen LogP contribution is 2.28. The van der Waals surface area contributed by atoms with E-state index in [4.69, 9.17) is 11.6 Å². The van der Waals surface area contributed by atoms with Gasteiger partial charge in [-0.05, 0) is 41.6 Å². The van der Waals surface area contributed by atoms with E-state index >= 15 is 0 Å². The van der Waals surface area contributed by atoms with Gasteiger partial charge in [0, 0.05) is 26.6 Å². The minimum atomic E-state index is 0.722. The lowest BCUT2D eigenvalue weighted by molar-refractivity contribution is 1.13. The molecule has 0 spiro atoms. The number of hydrogen-bond donors (Lipinski definition) is 1. The van der Waals surface area contributed by atoms with Crippen molar-refractivity contribution in [2.75, 3.05) is 11.1 Å². The lowest BCUT2D eigenvalue weighted by Crippen LogP contribution is -2.01. The van der Waals surface area contributed by atoms with Gasteiger partial charge in [-0.3, -0.25) is 0 Å². The molecule has 100 valence electrons. The average Bonchev–Trinajstić information content (AvgIpc) is 2.42. The molecule has 0 atom stereocenters. The van der Waals surface area contributed by atoms with Crippen molar-refractivity contribution in [2.24, 2.45) is 0 Å². The molecule has 0 unspecified atom stereocenters. The molecule has 0 aliphatic carbocycles. The van der Waals surface area contributed by atoms with Gasteiger partial charge in [-0.15, -0.1) is 11.8 Å². The molecule has 0 bridgehead atoms. The van der Waals surface area contributed by atoms with Crippen LogP contribution in [-0.2, 0) is 6.54 Å². The molecule has 0 saturated heterocycles. The van der Waals surface area contributed by atoms with E-state index in [2.05, 4.69) is 46.4 Å². The van der Waals surface area contributed by atoms with Gasteiger partial charge in [-0.2, -0.15) is 0 Å². The monoisotopic (exact) mass is 355 g/mol. The van der Waals surface area contributed by atoms with Gasteiger partial charge in [0.15, 0.2) is 0 Å². The van der Waals surface area contributed by atoms with Crippen LogP contribution in [-0.4, -0.2) is 5.75 Å². The first-order valence-electron chi connectivity index (χ1n) is 6.10. The van der Waals surface area contributed by atoms with Crippen molar-refractivity contribution in [2.45, 2.75) is 18.4 Å². The van der Waals surface area contributed by atoms with Gasteiger partial charge < -0.3 is 5.32 Å². The second kappa shape index (κ2) is 7.22. The average molecular weight is 357 g/mol. The molecule has 1 nitrogen and oxygen atoms in total. The first-order chi connectivity index (χ1) is 9.20. The van der Waals surface area contributed by atoms with E-state index < -0.39 is 0 Å². The second-order valence-corrected chi connectivity index (χ2v) is 6.65. The summed E-state index contributed by atoms with van der Waals surface area (Å²) in [6, 6.07) is 14.3. The first kappa shape index (κ1) is 14.8. The SMILES string of the molecule is CCSc1ccccc1NCc1cc(Br)ccc1Cl. The zero-order chi connectivity index (χ0) is 13.7. The summed E-state index contributed by atoms with van der Waals surface area (Å²) < 4.78 is 1.05. The van der Waals surface area contributed by atoms with Gasteiger partial charge >= 0.3 is 0 Å². The van der Waals surface area contributed by atoms with Crippen LogP contribution >= 0.6 is 39.3 Å². The molecule has 2 aromatic carbocycles. The molecule has 2 aromatic rings. The Labute approximate surface area is 131 Å². The second-order valence-electron chi connectivity index (χ2n) is 4.02. The molecule has 1 N–H and O–H groups in total. The molecular formula is C15H15BrClNS. The van der Waals surface area contributed by atoms with Crippen LogP contribution in [0, 0.1) is 0 Å². The summed E-state index contributed by atoms with van der Waals surface area (Å²) in [4.78, 5) is 1.27. The van der Waals surface area contributed by atoms with Crippen LogP contribution in [0.1, 0.15) is 12.5 Å². The number of rotatable bonds is 5. The Morgan fingerprint density at radius 3 is 2.79 bits per heavy atom. The minimum Gasteiger partial charge on any atom is -0.380 e. The molecule has 0 aromatic heterocycles. The van der Waals surface area contributed by atoms with Gasteiger partial charge in [-0.1, -0.05) is 46.6 Å². The van der Waals surface area contributed by atoms with Crippen LogP contribution in [0.3, 0.4) is 0 Å². The Balaban J connectivity index is 2.12. The molecule has 0 radical (unpaired) electrons. The van der Waals surface area contributed by atoms with Crippen molar-refractivity contribution in [1.82, 2.24) is 0 Å². The number of halogens is 2. The molecule has 0 aliphatic rings. The van der Waals surface area contributed by atoms with E-state index in [0.717, 1.165) is 33.0 Å². The van der Waals surface area contributed by atoms with Crippen molar-refractivity contribution in [3.05, 3.63) is 57.5 Å². The van der Waals surface area contributed by atoms with Crippen LogP contribution < -0.4 is 5.32 Å². The van der Waals surface area contributed by atoms with E-state index in [1.165, 1.54) is 4.90 Å². The molecule has 0 amide bonds. The fourth-order valence-electron chi connectivity index (χ4n) is 1.76. The molecule has 4 heteroatoms. The van der Waals surface area contributed by atoms with Gasteiger partial charge in [0.2, 0.25) is 0 Å². The Bertz CT molecular complexity index is 560. The smallest absolute Gasteiger partial charge is 0.0481 e. The quantitative estimate of drug-likeness (QED) is 0.677. The molecular weight excluding hydrogens is 342 g/mol. The van der Waals surface area contributed by atoms with E-state index in [9.17, 15) is 0 Å². The third-order valence-electron chi connectivity index (χ3n) is 2.66. The topological polar surface area (TPSA) is 12.0 Å². The van der Waals surface area contributed by atoms with Crippen molar-refractivity contribution >= 4 is 45.0 Å². The zero-order valence-electron chi connectivity index (χ0n) is 10.6. The highest BCUT2D eigenvalue weighted by molar-refractivity contribution is 9.10. The summed E-state index contributed by atoms with van der Waals surface area (Å²) in [5, 5.41) is 4.24. The summed E-state index contributed by atoms with van der Waals surface area (Å²) in [7, 11) is 0. The number of para-hydroxylation sites is 1. The molecule has 0 aliphatic heterocycles. The number of thioether (sulfide) groups is 1. The van der Waals surface area contributed by atoms with Gasteiger partial charge in [0.05, 0.1) is 0 Å². The molecule has 0 heterocycles. The summed E-state index contributed by atoms with van der Waals surface area (Å²) in [5.74, 6) is 1.07. The third kappa shape index (κ3) is 4.16. The van der Waals surface area contributed by atoms with Crippen LogP contribution in [0.2, 0.25) is 5.02 Å². The largest absolute Gasteiger partial charge is 0.380 e. The van der Waals surface area contributed by atoms with E-state index in [0.29, 0.717) is 0 Å². The molecule has 0 fully saturated rings. The fraction of sp³-hybridized carbons (Fsp3) is 0.200. The van der Waals surface area contributed by atoms with Crippen LogP contribution in [0.5, 0.6) is 0 Å². The predicted octanol–water partition coefficient (Wildman–Crippen LogP) is 5.83. The summed E-state index contributed by atoms with van der Waals surface area (Å²) >= 11 is 11.5. The maximum atomic E-state index is 6.20. The van der Waals surface area contributed by atoms with E-state index in [-0.39, 0.29) is 0 Å². The maximum absolute atomic E-state index is 6.20. The first-order valence-corrected chi connectivity index (χ1v) is 8.26. The van der Waals surface area contributed by atoms with E-state index in [1.807, 2.05) is 36.0 Å². The Kier molecular flexibility index (Phi) is 5.61. The summed E-state index contributed by atoms with van der Waals surface area (Å²) in [6.45, 7) is 2.88. The fourth-order valence-corrected chi connectivity index (χ4v) is 3.14. The van der Waals surface area contributed by atoms with Crippen molar-refractivity contribution in [1.29, 1.82) is 0 Å². The van der Waals surface area contributed by atoms with Crippen LogP contribution in [0.15, 0.2) is 51.8 Å². The highest BCUT2D eigenvalue weighted by atomic mass is 79.9. The van der Waals surface area contributed by atoms with Crippen LogP contribution in [0.25, 0.3) is 0 Å². The summed E-state index contributed by atoms with van der Waals surface area (Å²) in [6.07, 6.45) is 0. The molecule has 19 heavy (non-hydrogen) atoms. The summed E-state index contributed by atoms with van der Waals surface area (Å²) in [5.41, 5.74) is 2.25. The zero-order valence-corrected chi connectivity index (χ0v) is 13.8. The standard InChI is InChI=1S/C15H15BrClNS/c1-2-19-15-6-4-3-5-14(15)18-10-11-9-12(16)7-8-13(11)17/h3-9,18H,2,10H2,1H3. The van der Waals surface area contributed by atoms with Crippen molar-refractivity contribution in [3.63, 3.8) is 0 Å². The molecule has 2 rings (SSSR count). The van der Waals surface area contributed by atoms with Gasteiger partial charge in [0.25, 0.3) is 0 Å². The van der Waals surface area contributed by atoms with Gasteiger partial charge in [-0.25, -0.2) is 0 Å². The lowest BCUT2D eigenvalue weighted by atomic mass is 10.2. The van der Waals surface area contributed by atoms with Gasteiger partial charge in [0.1, 0.15) is 0 Å². The predicted molar refractivity (Wildman–Crippen MR) is 89.3 cm³/mol. The third-order valence-corrected chi connectivity index (χ3v) is 4.48. The lowest BCUT2D eigenvalue weighted by Gasteiger charge is -2.12. The number of nitrogens with one attached hydrogen (secondary N) is 1. The Morgan fingerprint density at radius 2 is 2.00 bits per heavy atom. The van der Waals surface area contributed by atoms with Crippen molar-refractivity contribution < 1.29 is 0 Å². The normalized spacial score (nSPS) is 10.5. The number of hydrogen-bond acceptors (Lipinski definition) is 2. The van der Waals surface area contributed by atoms with E-state index in [1.54, 1.807) is 0 Å².